The molecule has 0 unspecified atom stereocenters. The van der Waals surface area contributed by atoms with Crippen LogP contribution in [0.4, 0.5) is 9.59 Å². The van der Waals surface area contributed by atoms with Gasteiger partial charge in [-0.05, 0) is 38.5 Å². The van der Waals surface area contributed by atoms with Crippen LogP contribution in [0.3, 0.4) is 0 Å². The van der Waals surface area contributed by atoms with Gasteiger partial charge < -0.3 is 20.1 Å². The van der Waals surface area contributed by atoms with E-state index in [9.17, 15) is 19.5 Å². The zero-order valence-corrected chi connectivity index (χ0v) is 18.3. The number of aromatic nitrogens is 1. The minimum atomic E-state index is -0.959. The molecule has 8 nitrogen and oxygen atoms in total. The summed E-state index contributed by atoms with van der Waals surface area (Å²) in [6, 6.07) is 6.95. The summed E-state index contributed by atoms with van der Waals surface area (Å²) >= 11 is 6.39. The first-order valence-electron chi connectivity index (χ1n) is 10.1. The lowest BCUT2D eigenvalue weighted by Gasteiger charge is -2.21. The van der Waals surface area contributed by atoms with E-state index in [0.29, 0.717) is 41.5 Å². The van der Waals surface area contributed by atoms with Gasteiger partial charge in [0, 0.05) is 48.8 Å². The number of hydrogen-bond donors (Lipinski definition) is 2. The zero-order valence-electron chi connectivity index (χ0n) is 17.5. The number of amides is 2. The lowest BCUT2D eigenvalue weighted by atomic mass is 9.86. The fourth-order valence-corrected chi connectivity index (χ4v) is 4.53. The number of carbonyl (C=O) groups excluding carboxylic acids is 2. The van der Waals surface area contributed by atoms with Crippen molar-refractivity contribution in [3.63, 3.8) is 0 Å². The summed E-state index contributed by atoms with van der Waals surface area (Å²) in [5.74, 6) is -0.284. The van der Waals surface area contributed by atoms with Crippen LogP contribution in [0.1, 0.15) is 42.6 Å². The van der Waals surface area contributed by atoms with E-state index in [0.717, 1.165) is 5.56 Å². The zero-order chi connectivity index (χ0) is 22.5. The molecule has 2 N–H and O–H groups in total. The van der Waals surface area contributed by atoms with Gasteiger partial charge in [0.15, 0.2) is 0 Å². The van der Waals surface area contributed by atoms with Crippen molar-refractivity contribution in [2.75, 3.05) is 19.6 Å². The van der Waals surface area contributed by atoms with E-state index in [1.54, 1.807) is 39.0 Å². The number of halogens is 1. The SMILES string of the molecule is CC(C)(C)OC(=O)n1ccc(Cl)c1-c1ccc2c(c1)C(=O)NC[C@@H]1CN(C(=O)O)C[C@@H]21. The number of nitrogens with one attached hydrogen (secondary N) is 1. The van der Waals surface area contributed by atoms with Crippen LogP contribution >= 0.6 is 11.6 Å². The van der Waals surface area contributed by atoms with E-state index < -0.39 is 17.8 Å². The van der Waals surface area contributed by atoms with Crippen LogP contribution in [-0.2, 0) is 4.74 Å². The summed E-state index contributed by atoms with van der Waals surface area (Å²) in [6.45, 7) is 6.47. The average Bonchev–Trinajstić information content (AvgIpc) is 3.25. The van der Waals surface area contributed by atoms with Crippen LogP contribution in [-0.4, -0.2) is 57.9 Å². The number of carbonyl (C=O) groups is 3. The number of fused-ring (bicyclic) bond motifs is 3. The number of carboxylic acid groups (broad SMARTS) is 1. The molecule has 4 rings (SSSR count). The topological polar surface area (TPSA) is 101 Å². The first-order chi connectivity index (χ1) is 14.5. The molecule has 0 bridgehead atoms. The molecule has 9 heteroatoms. The fourth-order valence-electron chi connectivity index (χ4n) is 4.28. The molecule has 0 saturated carbocycles. The Labute approximate surface area is 184 Å². The maximum absolute atomic E-state index is 12.8. The van der Waals surface area contributed by atoms with Gasteiger partial charge in [0.05, 0.1) is 10.7 Å². The van der Waals surface area contributed by atoms with Crippen molar-refractivity contribution in [1.82, 2.24) is 14.8 Å². The average molecular weight is 446 g/mol. The van der Waals surface area contributed by atoms with Gasteiger partial charge in [0.2, 0.25) is 0 Å². The molecule has 2 atom stereocenters. The second-order valence-corrected chi connectivity index (χ2v) is 9.34. The molecule has 31 heavy (non-hydrogen) atoms. The Bertz CT molecular complexity index is 1070. The molecule has 2 aliphatic heterocycles. The minimum absolute atomic E-state index is 0.0152. The number of benzene rings is 1. The van der Waals surface area contributed by atoms with E-state index in [-0.39, 0.29) is 17.7 Å². The molecule has 0 spiro atoms. The molecule has 164 valence electrons. The van der Waals surface area contributed by atoms with Crippen LogP contribution in [0.25, 0.3) is 11.3 Å². The normalized spacial score (nSPS) is 20.5. The van der Waals surface area contributed by atoms with Crippen molar-refractivity contribution >= 4 is 29.7 Å². The van der Waals surface area contributed by atoms with Gasteiger partial charge in [-0.25, -0.2) is 9.59 Å². The number of rotatable bonds is 1. The van der Waals surface area contributed by atoms with Gasteiger partial charge >= 0.3 is 12.2 Å². The Balaban J connectivity index is 1.74. The Kier molecular flexibility index (Phi) is 5.21. The number of nitrogens with zero attached hydrogens (tertiary/aromatic N) is 2. The molecule has 1 aromatic carbocycles. The highest BCUT2D eigenvalue weighted by atomic mass is 35.5. The van der Waals surface area contributed by atoms with E-state index in [2.05, 4.69) is 5.32 Å². The summed E-state index contributed by atoms with van der Waals surface area (Å²) in [5, 5.41) is 12.6. The smallest absolute Gasteiger partial charge is 0.419 e. The Hall–Kier alpha value is -3.00. The number of hydrogen-bond acceptors (Lipinski definition) is 4. The summed E-state index contributed by atoms with van der Waals surface area (Å²) in [6.07, 6.45) is 0.0103. The van der Waals surface area contributed by atoms with E-state index in [4.69, 9.17) is 16.3 Å². The molecule has 0 aliphatic carbocycles. The molecule has 1 saturated heterocycles. The van der Waals surface area contributed by atoms with Crippen molar-refractivity contribution in [3.05, 3.63) is 46.6 Å². The summed E-state index contributed by atoms with van der Waals surface area (Å²) < 4.78 is 6.80. The van der Waals surface area contributed by atoms with Gasteiger partial charge in [-0.3, -0.25) is 9.36 Å². The third-order valence-corrected chi connectivity index (χ3v) is 5.94. The highest BCUT2D eigenvalue weighted by Crippen LogP contribution is 2.39. The molecular formula is C22H24ClN3O5. The molecule has 2 aromatic rings. The first kappa shape index (κ1) is 21.2. The Morgan fingerprint density at radius 1 is 1.23 bits per heavy atom. The summed E-state index contributed by atoms with van der Waals surface area (Å²) in [5.41, 5.74) is 1.63. The maximum atomic E-state index is 12.8. The summed E-state index contributed by atoms with van der Waals surface area (Å²) in [4.78, 5) is 38.3. The van der Waals surface area contributed by atoms with Crippen molar-refractivity contribution in [2.45, 2.75) is 32.3 Å². The molecule has 2 aliphatic rings. The summed E-state index contributed by atoms with van der Waals surface area (Å²) in [7, 11) is 0. The van der Waals surface area contributed by atoms with Crippen molar-refractivity contribution in [2.24, 2.45) is 5.92 Å². The number of likely N-dealkylation sites (tertiary alicyclic amines) is 1. The van der Waals surface area contributed by atoms with Crippen molar-refractivity contribution in [3.8, 4) is 11.3 Å². The van der Waals surface area contributed by atoms with Crippen LogP contribution in [0, 0.1) is 5.92 Å². The predicted molar refractivity (Wildman–Crippen MR) is 115 cm³/mol. The first-order valence-corrected chi connectivity index (χ1v) is 10.4. The lowest BCUT2D eigenvalue weighted by molar-refractivity contribution is 0.0540. The van der Waals surface area contributed by atoms with Crippen LogP contribution in [0.15, 0.2) is 30.5 Å². The molecular weight excluding hydrogens is 422 g/mol. The van der Waals surface area contributed by atoms with Gasteiger partial charge in [-0.15, -0.1) is 0 Å². The fraction of sp³-hybridized carbons (Fsp3) is 0.409. The second-order valence-electron chi connectivity index (χ2n) is 8.93. The van der Waals surface area contributed by atoms with Gasteiger partial charge in [-0.1, -0.05) is 23.7 Å². The quantitative estimate of drug-likeness (QED) is 0.690. The molecule has 0 radical (unpaired) electrons. The van der Waals surface area contributed by atoms with E-state index >= 15 is 0 Å². The molecule has 3 heterocycles. The molecule has 2 amide bonds. The minimum Gasteiger partial charge on any atom is -0.465 e. The van der Waals surface area contributed by atoms with Gasteiger partial charge in [0.1, 0.15) is 5.60 Å². The Morgan fingerprint density at radius 2 is 1.97 bits per heavy atom. The van der Waals surface area contributed by atoms with Crippen molar-refractivity contribution in [1.29, 1.82) is 0 Å². The molecule has 1 fully saturated rings. The van der Waals surface area contributed by atoms with Crippen LogP contribution < -0.4 is 5.32 Å². The van der Waals surface area contributed by atoms with Crippen LogP contribution in [0.5, 0.6) is 0 Å². The van der Waals surface area contributed by atoms with Crippen molar-refractivity contribution < 1.29 is 24.2 Å². The van der Waals surface area contributed by atoms with Gasteiger partial charge in [0.25, 0.3) is 5.91 Å². The largest absolute Gasteiger partial charge is 0.465 e. The second kappa shape index (κ2) is 7.60. The monoisotopic (exact) mass is 445 g/mol. The highest BCUT2D eigenvalue weighted by Gasteiger charge is 2.40. The predicted octanol–water partition coefficient (Wildman–Crippen LogP) is 4.03. The van der Waals surface area contributed by atoms with Crippen LogP contribution in [0.2, 0.25) is 5.02 Å². The standard InChI is InChI=1S/C22H24ClN3O5/c1-22(2,3)31-21(30)26-7-6-17(23)18(26)12-4-5-14-15(8-12)19(27)24-9-13-10-25(20(28)29)11-16(13)14/h4-8,13,16H,9-11H2,1-3H3,(H,24,27)(H,28,29)/t13-,16-/m1/s1. The van der Waals surface area contributed by atoms with E-state index in [1.165, 1.54) is 15.7 Å². The molecule has 1 aromatic heterocycles. The highest BCUT2D eigenvalue weighted by molar-refractivity contribution is 6.33. The lowest BCUT2D eigenvalue weighted by Crippen LogP contribution is -2.31. The van der Waals surface area contributed by atoms with Gasteiger partial charge in [-0.2, -0.15) is 0 Å². The Morgan fingerprint density at radius 3 is 2.65 bits per heavy atom. The maximum Gasteiger partial charge on any atom is 0.419 e. The third kappa shape index (κ3) is 3.99. The van der Waals surface area contributed by atoms with E-state index in [1.807, 2.05) is 6.07 Å². The number of ether oxygens (including phenoxy) is 1. The third-order valence-electron chi connectivity index (χ3n) is 5.63.